The highest BCUT2D eigenvalue weighted by molar-refractivity contribution is 6.34. The zero-order chi connectivity index (χ0) is 14.8. The van der Waals surface area contributed by atoms with Crippen molar-refractivity contribution in [2.75, 3.05) is 12.4 Å². The Morgan fingerprint density at radius 1 is 1.32 bits per heavy atom. The van der Waals surface area contributed by atoms with Gasteiger partial charge in [0, 0.05) is 11.5 Å². The number of methoxy groups -OCH3 is 1. The van der Waals surface area contributed by atoms with Crippen LogP contribution in [0.15, 0.2) is 12.1 Å². The second-order valence-electron chi connectivity index (χ2n) is 5.04. The van der Waals surface area contributed by atoms with Crippen molar-refractivity contribution < 1.29 is 19.4 Å². The fourth-order valence-electron chi connectivity index (χ4n) is 1.30. The van der Waals surface area contributed by atoms with Gasteiger partial charge in [-0.25, -0.2) is 4.79 Å². The highest BCUT2D eigenvalue weighted by Gasteiger charge is 2.23. The molecule has 19 heavy (non-hydrogen) atoms. The molecule has 1 aromatic carbocycles. The predicted octanol–water partition coefficient (Wildman–Crippen LogP) is 3.03. The van der Waals surface area contributed by atoms with E-state index in [9.17, 15) is 9.59 Å². The standard InChI is InChI=1S/C13H16ClNO4/c1-13(2,3)12(18)15-9-6-10(19-4)7(11(16)17)5-8(9)14/h5-6H,1-4H3,(H,15,18)(H,16,17). The number of halogens is 1. The molecule has 2 N–H and O–H groups in total. The van der Waals surface area contributed by atoms with Crippen molar-refractivity contribution in [1.29, 1.82) is 0 Å². The number of ether oxygens (including phenoxy) is 1. The molecule has 1 amide bonds. The Kier molecular flexibility index (Phi) is 4.42. The highest BCUT2D eigenvalue weighted by Crippen LogP contribution is 2.32. The maximum Gasteiger partial charge on any atom is 0.339 e. The molecular formula is C13H16ClNO4. The van der Waals surface area contributed by atoms with E-state index in [2.05, 4.69) is 5.32 Å². The predicted molar refractivity (Wildman–Crippen MR) is 73.0 cm³/mol. The van der Waals surface area contributed by atoms with Crippen LogP contribution in [0.5, 0.6) is 5.75 Å². The van der Waals surface area contributed by atoms with Gasteiger partial charge in [0.2, 0.25) is 5.91 Å². The number of carbonyl (C=O) groups excluding carboxylic acids is 1. The molecule has 5 nitrogen and oxygen atoms in total. The summed E-state index contributed by atoms with van der Waals surface area (Å²) in [6.45, 7) is 5.29. The summed E-state index contributed by atoms with van der Waals surface area (Å²) < 4.78 is 4.98. The van der Waals surface area contributed by atoms with Crippen molar-refractivity contribution in [2.45, 2.75) is 20.8 Å². The van der Waals surface area contributed by atoms with Crippen LogP contribution in [0.2, 0.25) is 5.02 Å². The summed E-state index contributed by atoms with van der Waals surface area (Å²) >= 11 is 5.96. The number of benzene rings is 1. The molecule has 0 fully saturated rings. The molecule has 1 aromatic rings. The van der Waals surface area contributed by atoms with E-state index in [0.29, 0.717) is 5.69 Å². The molecular weight excluding hydrogens is 270 g/mol. The number of carboxylic acid groups (broad SMARTS) is 1. The number of aromatic carboxylic acids is 1. The van der Waals surface area contributed by atoms with Crippen molar-refractivity contribution in [1.82, 2.24) is 0 Å². The summed E-state index contributed by atoms with van der Waals surface area (Å²) in [7, 11) is 1.35. The van der Waals surface area contributed by atoms with Gasteiger partial charge in [0.05, 0.1) is 17.8 Å². The molecule has 0 spiro atoms. The van der Waals surface area contributed by atoms with Gasteiger partial charge in [-0.05, 0) is 6.07 Å². The molecule has 0 heterocycles. The lowest BCUT2D eigenvalue weighted by Crippen LogP contribution is -2.27. The maximum absolute atomic E-state index is 11.9. The van der Waals surface area contributed by atoms with Gasteiger partial charge in [0.25, 0.3) is 0 Å². The van der Waals surface area contributed by atoms with E-state index >= 15 is 0 Å². The number of carboxylic acids is 1. The molecule has 0 aliphatic carbocycles. The second kappa shape index (κ2) is 5.48. The number of amides is 1. The Balaban J connectivity index is 3.17. The number of carbonyl (C=O) groups is 2. The summed E-state index contributed by atoms with van der Waals surface area (Å²) in [6, 6.07) is 2.65. The largest absolute Gasteiger partial charge is 0.496 e. The van der Waals surface area contributed by atoms with Gasteiger partial charge in [-0.2, -0.15) is 0 Å². The minimum Gasteiger partial charge on any atom is -0.496 e. The van der Waals surface area contributed by atoms with Crippen LogP contribution in [0.4, 0.5) is 5.69 Å². The van der Waals surface area contributed by atoms with Crippen molar-refractivity contribution >= 4 is 29.2 Å². The normalized spacial score (nSPS) is 11.0. The lowest BCUT2D eigenvalue weighted by molar-refractivity contribution is -0.123. The first-order chi connectivity index (χ1) is 8.66. The fourth-order valence-corrected chi connectivity index (χ4v) is 1.51. The minimum absolute atomic E-state index is 0.0544. The first-order valence-electron chi connectivity index (χ1n) is 5.59. The maximum atomic E-state index is 11.9. The van der Waals surface area contributed by atoms with Crippen molar-refractivity contribution in [3.8, 4) is 5.75 Å². The van der Waals surface area contributed by atoms with E-state index in [1.54, 1.807) is 20.8 Å². The molecule has 0 unspecified atom stereocenters. The number of anilines is 1. The van der Waals surface area contributed by atoms with Crippen LogP contribution >= 0.6 is 11.6 Å². The van der Waals surface area contributed by atoms with Crippen molar-refractivity contribution in [2.24, 2.45) is 5.41 Å². The molecule has 0 saturated carbocycles. The second-order valence-corrected chi connectivity index (χ2v) is 5.45. The number of rotatable bonds is 3. The average molecular weight is 286 g/mol. The van der Waals surface area contributed by atoms with Crippen LogP contribution in [0, 0.1) is 5.41 Å². The van der Waals surface area contributed by atoms with Gasteiger partial charge in [-0.3, -0.25) is 4.79 Å². The third kappa shape index (κ3) is 3.61. The third-order valence-electron chi connectivity index (χ3n) is 2.45. The summed E-state index contributed by atoms with van der Waals surface area (Å²) in [5, 5.41) is 11.8. The first kappa shape index (κ1) is 15.3. The van der Waals surface area contributed by atoms with E-state index in [1.165, 1.54) is 19.2 Å². The average Bonchev–Trinajstić information content (AvgIpc) is 2.29. The van der Waals surface area contributed by atoms with Crippen LogP contribution in [0.25, 0.3) is 0 Å². The Labute approximate surface area is 116 Å². The quantitative estimate of drug-likeness (QED) is 0.895. The zero-order valence-electron chi connectivity index (χ0n) is 11.2. The Morgan fingerprint density at radius 3 is 2.32 bits per heavy atom. The Morgan fingerprint density at radius 2 is 1.89 bits per heavy atom. The van der Waals surface area contributed by atoms with E-state index < -0.39 is 11.4 Å². The van der Waals surface area contributed by atoms with E-state index in [-0.39, 0.29) is 22.2 Å². The van der Waals surface area contributed by atoms with E-state index in [0.717, 1.165) is 0 Å². The lowest BCUT2D eigenvalue weighted by atomic mass is 9.95. The summed E-state index contributed by atoms with van der Waals surface area (Å²) in [4.78, 5) is 22.9. The van der Waals surface area contributed by atoms with Gasteiger partial charge >= 0.3 is 5.97 Å². The molecule has 0 saturated heterocycles. The van der Waals surface area contributed by atoms with E-state index in [1.807, 2.05) is 0 Å². The summed E-state index contributed by atoms with van der Waals surface area (Å²) in [6.07, 6.45) is 0. The topological polar surface area (TPSA) is 75.6 Å². The smallest absolute Gasteiger partial charge is 0.339 e. The van der Waals surface area contributed by atoms with Gasteiger partial charge in [0.15, 0.2) is 0 Å². The van der Waals surface area contributed by atoms with Crippen LogP contribution in [-0.4, -0.2) is 24.1 Å². The number of nitrogens with one attached hydrogen (secondary N) is 1. The number of hydrogen-bond acceptors (Lipinski definition) is 3. The zero-order valence-corrected chi connectivity index (χ0v) is 12.0. The molecule has 0 atom stereocenters. The van der Waals surface area contributed by atoms with Crippen LogP contribution in [0.1, 0.15) is 31.1 Å². The SMILES string of the molecule is COc1cc(NC(=O)C(C)(C)C)c(Cl)cc1C(=O)O. The molecule has 1 rings (SSSR count). The van der Waals surface area contributed by atoms with Crippen molar-refractivity contribution in [3.63, 3.8) is 0 Å². The monoisotopic (exact) mass is 285 g/mol. The Bertz CT molecular complexity index is 520. The number of hydrogen-bond donors (Lipinski definition) is 2. The van der Waals surface area contributed by atoms with Gasteiger partial charge in [-0.15, -0.1) is 0 Å². The van der Waals surface area contributed by atoms with Gasteiger partial charge < -0.3 is 15.2 Å². The Hall–Kier alpha value is -1.75. The van der Waals surface area contributed by atoms with Crippen molar-refractivity contribution in [3.05, 3.63) is 22.7 Å². The fraction of sp³-hybridized carbons (Fsp3) is 0.385. The van der Waals surface area contributed by atoms with Crippen LogP contribution < -0.4 is 10.1 Å². The molecule has 0 radical (unpaired) electrons. The molecule has 0 aliphatic heterocycles. The van der Waals surface area contributed by atoms with Crippen LogP contribution in [0.3, 0.4) is 0 Å². The summed E-state index contributed by atoms with van der Waals surface area (Å²) in [5.74, 6) is -1.23. The minimum atomic E-state index is -1.15. The van der Waals surface area contributed by atoms with E-state index in [4.69, 9.17) is 21.4 Å². The molecule has 0 aromatic heterocycles. The molecule has 6 heteroatoms. The first-order valence-corrected chi connectivity index (χ1v) is 5.97. The van der Waals surface area contributed by atoms with Gasteiger partial charge in [-0.1, -0.05) is 32.4 Å². The summed E-state index contributed by atoms with van der Waals surface area (Å²) in [5.41, 5.74) is -0.313. The molecule has 0 aliphatic rings. The molecule has 104 valence electrons. The highest BCUT2D eigenvalue weighted by atomic mass is 35.5. The molecule has 0 bridgehead atoms. The van der Waals surface area contributed by atoms with Gasteiger partial charge in [0.1, 0.15) is 11.3 Å². The lowest BCUT2D eigenvalue weighted by Gasteiger charge is -2.19. The third-order valence-corrected chi connectivity index (χ3v) is 2.76. The van der Waals surface area contributed by atoms with Crippen LogP contribution in [-0.2, 0) is 4.79 Å².